The number of anilines is 2. The summed E-state index contributed by atoms with van der Waals surface area (Å²) in [6, 6.07) is 6.37. The SMILES string of the molecule is CN1CC(C2CCCC2)Cc2cc(N)ccc21. The van der Waals surface area contributed by atoms with Crippen molar-refractivity contribution >= 4 is 11.4 Å². The van der Waals surface area contributed by atoms with Gasteiger partial charge in [-0.05, 0) is 42.0 Å². The van der Waals surface area contributed by atoms with Crippen molar-refractivity contribution in [2.75, 3.05) is 24.2 Å². The number of hydrogen-bond donors (Lipinski definition) is 1. The largest absolute Gasteiger partial charge is 0.399 e. The number of nitrogens with zero attached hydrogens (tertiary/aromatic N) is 1. The van der Waals surface area contributed by atoms with Crippen molar-refractivity contribution in [1.82, 2.24) is 0 Å². The van der Waals surface area contributed by atoms with Crippen molar-refractivity contribution in [2.24, 2.45) is 11.8 Å². The molecule has 2 N–H and O–H groups in total. The fourth-order valence-corrected chi connectivity index (χ4v) is 3.68. The predicted octanol–water partition coefficient (Wildman–Crippen LogP) is 3.07. The Labute approximate surface area is 104 Å². The maximum absolute atomic E-state index is 5.91. The maximum Gasteiger partial charge on any atom is 0.0397 e. The molecule has 0 aromatic heterocycles. The van der Waals surface area contributed by atoms with Gasteiger partial charge in [-0.1, -0.05) is 25.7 Å². The second-order valence-corrected chi connectivity index (χ2v) is 5.78. The Bertz CT molecular complexity index is 407. The molecule has 1 saturated carbocycles. The molecule has 1 unspecified atom stereocenters. The molecule has 92 valence electrons. The van der Waals surface area contributed by atoms with Gasteiger partial charge >= 0.3 is 0 Å². The Kier molecular flexibility index (Phi) is 2.73. The number of benzene rings is 1. The highest BCUT2D eigenvalue weighted by Gasteiger charge is 2.30. The zero-order valence-corrected chi connectivity index (χ0v) is 10.7. The third kappa shape index (κ3) is 2.01. The van der Waals surface area contributed by atoms with Crippen LogP contribution in [0.15, 0.2) is 18.2 Å². The first-order chi connectivity index (χ1) is 8.24. The molecule has 1 aliphatic carbocycles. The van der Waals surface area contributed by atoms with Crippen LogP contribution in [0.2, 0.25) is 0 Å². The molecule has 0 radical (unpaired) electrons. The molecule has 0 amide bonds. The summed E-state index contributed by atoms with van der Waals surface area (Å²) in [5.74, 6) is 1.80. The second-order valence-electron chi connectivity index (χ2n) is 5.78. The lowest BCUT2D eigenvalue weighted by Gasteiger charge is -2.36. The lowest BCUT2D eigenvalue weighted by molar-refractivity contribution is 0.332. The third-order valence-corrected chi connectivity index (χ3v) is 4.57. The molecule has 1 aromatic rings. The summed E-state index contributed by atoms with van der Waals surface area (Å²) < 4.78 is 0. The van der Waals surface area contributed by atoms with Gasteiger partial charge in [0.2, 0.25) is 0 Å². The molecule has 1 aromatic carbocycles. The van der Waals surface area contributed by atoms with Crippen LogP contribution in [-0.4, -0.2) is 13.6 Å². The van der Waals surface area contributed by atoms with E-state index in [1.807, 2.05) is 6.07 Å². The van der Waals surface area contributed by atoms with E-state index >= 15 is 0 Å². The van der Waals surface area contributed by atoms with E-state index in [0.29, 0.717) is 0 Å². The minimum Gasteiger partial charge on any atom is -0.399 e. The van der Waals surface area contributed by atoms with Crippen molar-refractivity contribution in [1.29, 1.82) is 0 Å². The predicted molar refractivity (Wildman–Crippen MR) is 73.3 cm³/mol. The average molecular weight is 230 g/mol. The first-order valence-corrected chi connectivity index (χ1v) is 6.83. The van der Waals surface area contributed by atoms with E-state index < -0.39 is 0 Å². The van der Waals surface area contributed by atoms with E-state index in [-0.39, 0.29) is 0 Å². The topological polar surface area (TPSA) is 29.3 Å². The smallest absolute Gasteiger partial charge is 0.0397 e. The van der Waals surface area contributed by atoms with Crippen LogP contribution in [0.3, 0.4) is 0 Å². The van der Waals surface area contributed by atoms with Crippen LogP contribution >= 0.6 is 0 Å². The fourth-order valence-electron chi connectivity index (χ4n) is 3.68. The van der Waals surface area contributed by atoms with Crippen molar-refractivity contribution in [3.63, 3.8) is 0 Å². The molecule has 1 atom stereocenters. The van der Waals surface area contributed by atoms with E-state index in [1.165, 1.54) is 49.9 Å². The normalized spacial score (nSPS) is 25.0. The molecule has 17 heavy (non-hydrogen) atoms. The molecule has 2 heteroatoms. The number of nitrogens with two attached hydrogens (primary N) is 1. The minimum absolute atomic E-state index is 0.844. The quantitative estimate of drug-likeness (QED) is 0.751. The summed E-state index contributed by atoms with van der Waals surface area (Å²) in [5, 5.41) is 0. The second kappa shape index (κ2) is 4.25. The van der Waals surface area contributed by atoms with Crippen LogP contribution in [0.4, 0.5) is 11.4 Å². The number of rotatable bonds is 1. The standard InChI is InChI=1S/C15H22N2/c1-17-10-13(11-4-2-3-5-11)8-12-9-14(16)6-7-15(12)17/h6-7,9,11,13H,2-5,8,10,16H2,1H3. The van der Waals surface area contributed by atoms with E-state index in [4.69, 9.17) is 5.73 Å². The summed E-state index contributed by atoms with van der Waals surface area (Å²) in [4.78, 5) is 2.42. The van der Waals surface area contributed by atoms with Gasteiger partial charge in [-0.2, -0.15) is 0 Å². The Morgan fingerprint density at radius 3 is 2.71 bits per heavy atom. The molecular weight excluding hydrogens is 208 g/mol. The summed E-state index contributed by atoms with van der Waals surface area (Å²) in [7, 11) is 2.22. The van der Waals surface area contributed by atoms with E-state index in [1.54, 1.807) is 0 Å². The lowest BCUT2D eigenvalue weighted by atomic mass is 9.82. The first kappa shape index (κ1) is 10.9. The van der Waals surface area contributed by atoms with Crippen LogP contribution in [0, 0.1) is 11.8 Å². The van der Waals surface area contributed by atoms with Gasteiger partial charge < -0.3 is 10.6 Å². The summed E-state index contributed by atoms with van der Waals surface area (Å²) in [6.45, 7) is 1.22. The molecule has 2 aliphatic rings. The van der Waals surface area contributed by atoms with Crippen LogP contribution in [0.5, 0.6) is 0 Å². The fraction of sp³-hybridized carbons (Fsp3) is 0.600. The van der Waals surface area contributed by atoms with Crippen LogP contribution in [-0.2, 0) is 6.42 Å². The molecule has 1 fully saturated rings. The molecule has 2 nitrogen and oxygen atoms in total. The average Bonchev–Trinajstić information content (AvgIpc) is 2.81. The minimum atomic E-state index is 0.844. The van der Waals surface area contributed by atoms with Crippen LogP contribution < -0.4 is 10.6 Å². The van der Waals surface area contributed by atoms with Gasteiger partial charge in [0.05, 0.1) is 0 Å². The van der Waals surface area contributed by atoms with Gasteiger partial charge in [-0.25, -0.2) is 0 Å². The monoisotopic (exact) mass is 230 g/mol. The van der Waals surface area contributed by atoms with Gasteiger partial charge in [0.25, 0.3) is 0 Å². The maximum atomic E-state index is 5.91. The molecule has 0 bridgehead atoms. The highest BCUT2D eigenvalue weighted by atomic mass is 15.1. The third-order valence-electron chi connectivity index (χ3n) is 4.57. The molecular formula is C15H22N2. The van der Waals surface area contributed by atoms with Gasteiger partial charge in [0.15, 0.2) is 0 Å². The molecule has 1 aliphatic heterocycles. The first-order valence-electron chi connectivity index (χ1n) is 6.83. The van der Waals surface area contributed by atoms with Crippen molar-refractivity contribution < 1.29 is 0 Å². The van der Waals surface area contributed by atoms with Gasteiger partial charge in [-0.15, -0.1) is 0 Å². The highest BCUT2D eigenvalue weighted by Crippen LogP contribution is 2.39. The highest BCUT2D eigenvalue weighted by molar-refractivity contribution is 5.60. The van der Waals surface area contributed by atoms with E-state index in [2.05, 4.69) is 24.1 Å². The number of fused-ring (bicyclic) bond motifs is 1. The van der Waals surface area contributed by atoms with E-state index in [0.717, 1.165) is 17.5 Å². The van der Waals surface area contributed by atoms with Crippen molar-refractivity contribution in [2.45, 2.75) is 32.1 Å². The molecule has 1 heterocycles. The summed E-state index contributed by atoms with van der Waals surface area (Å²) in [6.07, 6.45) is 6.99. The van der Waals surface area contributed by atoms with Gasteiger partial charge in [0, 0.05) is 25.0 Å². The van der Waals surface area contributed by atoms with Gasteiger partial charge in [-0.3, -0.25) is 0 Å². The van der Waals surface area contributed by atoms with Crippen LogP contribution in [0.25, 0.3) is 0 Å². The van der Waals surface area contributed by atoms with Crippen LogP contribution in [0.1, 0.15) is 31.2 Å². The Balaban J connectivity index is 1.85. The Hall–Kier alpha value is -1.18. The van der Waals surface area contributed by atoms with Gasteiger partial charge in [0.1, 0.15) is 0 Å². The summed E-state index contributed by atoms with van der Waals surface area (Å²) >= 11 is 0. The van der Waals surface area contributed by atoms with E-state index in [9.17, 15) is 0 Å². The number of nitrogen functional groups attached to an aromatic ring is 1. The summed E-state index contributed by atoms with van der Waals surface area (Å²) in [5.41, 5.74) is 9.65. The molecule has 0 saturated heterocycles. The van der Waals surface area contributed by atoms with Crippen molar-refractivity contribution in [3.8, 4) is 0 Å². The zero-order chi connectivity index (χ0) is 11.8. The lowest BCUT2D eigenvalue weighted by Crippen LogP contribution is -2.35. The zero-order valence-electron chi connectivity index (χ0n) is 10.7. The Morgan fingerprint density at radius 2 is 1.94 bits per heavy atom. The molecule has 3 rings (SSSR count). The number of hydrogen-bond acceptors (Lipinski definition) is 2. The van der Waals surface area contributed by atoms with Crippen molar-refractivity contribution in [3.05, 3.63) is 23.8 Å². The molecule has 0 spiro atoms. The Morgan fingerprint density at radius 1 is 1.18 bits per heavy atom.